The van der Waals surface area contributed by atoms with E-state index in [9.17, 15) is 0 Å². The molecule has 120 valence electrons. The summed E-state index contributed by atoms with van der Waals surface area (Å²) < 4.78 is 5.31. The molecule has 1 saturated carbocycles. The molecule has 0 saturated heterocycles. The first kappa shape index (κ1) is 19.9. The van der Waals surface area contributed by atoms with Gasteiger partial charge >= 0.3 is 0 Å². The average Bonchev–Trinajstić information content (AvgIpc) is 3.24. The quantitative estimate of drug-likeness (QED) is 0.255. The maximum atomic E-state index is 5.31. The van der Waals surface area contributed by atoms with Crippen LogP contribution < -0.4 is 10.6 Å². The van der Waals surface area contributed by atoms with Crippen LogP contribution >= 0.6 is 24.0 Å². The standard InChI is InChI=1S/C14H30N4O.HI/c1-4-15-14(17-10-12-19-6-3)16-9-11-18(5-2)13-7-8-13;/h13H,4-12H2,1-3H3,(H2,15,16,17);1H. The summed E-state index contributed by atoms with van der Waals surface area (Å²) in [5, 5.41) is 6.55. The van der Waals surface area contributed by atoms with E-state index in [2.05, 4.69) is 34.4 Å². The third kappa shape index (κ3) is 8.97. The van der Waals surface area contributed by atoms with Crippen LogP contribution in [0.5, 0.6) is 0 Å². The first-order valence-corrected chi connectivity index (χ1v) is 7.65. The number of likely N-dealkylation sites (N-methyl/N-ethyl adjacent to an activating group) is 1. The van der Waals surface area contributed by atoms with E-state index in [1.165, 1.54) is 12.8 Å². The first-order chi connectivity index (χ1) is 9.31. The van der Waals surface area contributed by atoms with Gasteiger partial charge in [0.25, 0.3) is 0 Å². The van der Waals surface area contributed by atoms with E-state index in [-0.39, 0.29) is 24.0 Å². The summed E-state index contributed by atoms with van der Waals surface area (Å²) >= 11 is 0. The lowest BCUT2D eigenvalue weighted by atomic mass is 10.4. The van der Waals surface area contributed by atoms with E-state index in [1.54, 1.807) is 0 Å². The van der Waals surface area contributed by atoms with Crippen molar-refractivity contribution >= 4 is 29.9 Å². The Labute approximate surface area is 140 Å². The Morgan fingerprint density at radius 1 is 1.25 bits per heavy atom. The molecule has 20 heavy (non-hydrogen) atoms. The molecule has 6 heteroatoms. The number of guanidine groups is 1. The molecule has 5 nitrogen and oxygen atoms in total. The first-order valence-electron chi connectivity index (χ1n) is 7.65. The summed E-state index contributed by atoms with van der Waals surface area (Å²) in [6.07, 6.45) is 2.73. The minimum absolute atomic E-state index is 0. The fourth-order valence-electron chi connectivity index (χ4n) is 2.06. The second-order valence-corrected chi connectivity index (χ2v) is 4.74. The van der Waals surface area contributed by atoms with E-state index >= 15 is 0 Å². The maximum Gasteiger partial charge on any atom is 0.191 e. The lowest BCUT2D eigenvalue weighted by molar-refractivity contribution is 0.152. The van der Waals surface area contributed by atoms with Gasteiger partial charge in [-0.2, -0.15) is 0 Å². The minimum Gasteiger partial charge on any atom is -0.380 e. The lowest BCUT2D eigenvalue weighted by Gasteiger charge is -2.18. The Balaban J connectivity index is 0.00000361. The third-order valence-electron chi connectivity index (χ3n) is 3.21. The van der Waals surface area contributed by atoms with Crippen LogP contribution in [-0.2, 0) is 4.74 Å². The predicted octanol–water partition coefficient (Wildman–Crippen LogP) is 1.68. The molecule has 0 spiro atoms. The summed E-state index contributed by atoms with van der Waals surface area (Å²) in [6.45, 7) is 12.6. The van der Waals surface area contributed by atoms with Gasteiger partial charge < -0.3 is 15.4 Å². The van der Waals surface area contributed by atoms with Crippen LogP contribution in [0.1, 0.15) is 33.6 Å². The molecule has 0 radical (unpaired) electrons. The maximum absolute atomic E-state index is 5.31. The zero-order valence-electron chi connectivity index (χ0n) is 13.2. The van der Waals surface area contributed by atoms with Crippen molar-refractivity contribution in [3.05, 3.63) is 0 Å². The molecule has 0 bridgehead atoms. The highest BCUT2D eigenvalue weighted by Gasteiger charge is 2.26. The fourth-order valence-corrected chi connectivity index (χ4v) is 2.06. The summed E-state index contributed by atoms with van der Waals surface area (Å²) in [7, 11) is 0. The second kappa shape index (κ2) is 12.6. The normalized spacial score (nSPS) is 15.1. The molecule has 0 atom stereocenters. The Morgan fingerprint density at radius 2 is 2.00 bits per heavy atom. The summed E-state index contributed by atoms with van der Waals surface area (Å²) in [5.41, 5.74) is 0. The van der Waals surface area contributed by atoms with Gasteiger partial charge in [-0.3, -0.25) is 9.89 Å². The van der Waals surface area contributed by atoms with Gasteiger partial charge in [0.2, 0.25) is 0 Å². The van der Waals surface area contributed by atoms with Gasteiger partial charge in [-0.1, -0.05) is 6.92 Å². The zero-order chi connectivity index (χ0) is 13.9. The second-order valence-electron chi connectivity index (χ2n) is 4.74. The monoisotopic (exact) mass is 398 g/mol. The minimum atomic E-state index is 0. The van der Waals surface area contributed by atoms with Crippen LogP contribution in [0.3, 0.4) is 0 Å². The van der Waals surface area contributed by atoms with E-state index in [4.69, 9.17) is 4.74 Å². The molecular formula is C14H31IN4O. The Kier molecular flexibility index (Phi) is 12.6. The van der Waals surface area contributed by atoms with E-state index in [1.807, 2.05) is 6.92 Å². The van der Waals surface area contributed by atoms with E-state index in [0.717, 1.165) is 57.9 Å². The Bertz CT molecular complexity index is 260. The molecule has 0 aromatic heterocycles. The van der Waals surface area contributed by atoms with Crippen LogP contribution in [-0.4, -0.2) is 62.8 Å². The number of nitrogens with one attached hydrogen (secondary N) is 2. The largest absolute Gasteiger partial charge is 0.380 e. The number of ether oxygens (including phenoxy) is 1. The van der Waals surface area contributed by atoms with Gasteiger partial charge in [-0.05, 0) is 33.2 Å². The predicted molar refractivity (Wildman–Crippen MR) is 96.2 cm³/mol. The van der Waals surface area contributed by atoms with Crippen LogP contribution in [0.25, 0.3) is 0 Å². The number of aliphatic imine (C=N–C) groups is 1. The van der Waals surface area contributed by atoms with Gasteiger partial charge in [0.1, 0.15) is 0 Å². The molecule has 0 aliphatic heterocycles. The van der Waals surface area contributed by atoms with Crippen LogP contribution in [0.2, 0.25) is 0 Å². The summed E-state index contributed by atoms with van der Waals surface area (Å²) in [4.78, 5) is 7.13. The fraction of sp³-hybridized carbons (Fsp3) is 0.929. The molecule has 1 aliphatic rings. The molecular weight excluding hydrogens is 367 g/mol. The highest BCUT2D eigenvalue weighted by Crippen LogP contribution is 2.25. The number of rotatable bonds is 10. The van der Waals surface area contributed by atoms with Crippen molar-refractivity contribution < 1.29 is 4.74 Å². The molecule has 1 aliphatic carbocycles. The molecule has 1 fully saturated rings. The van der Waals surface area contributed by atoms with Gasteiger partial charge in [-0.15, -0.1) is 24.0 Å². The summed E-state index contributed by atoms with van der Waals surface area (Å²) in [5.74, 6) is 0.897. The van der Waals surface area contributed by atoms with Crippen molar-refractivity contribution in [2.75, 3.05) is 45.9 Å². The number of halogens is 1. The molecule has 1 rings (SSSR count). The molecule has 0 amide bonds. The lowest BCUT2D eigenvalue weighted by Crippen LogP contribution is -2.39. The molecule has 0 aromatic rings. The highest BCUT2D eigenvalue weighted by atomic mass is 127. The van der Waals surface area contributed by atoms with E-state index in [0.29, 0.717) is 0 Å². The molecule has 2 N–H and O–H groups in total. The van der Waals surface area contributed by atoms with Crippen molar-refractivity contribution in [3.63, 3.8) is 0 Å². The van der Waals surface area contributed by atoms with Gasteiger partial charge in [0, 0.05) is 32.3 Å². The topological polar surface area (TPSA) is 48.9 Å². The smallest absolute Gasteiger partial charge is 0.191 e. The SMILES string of the molecule is CCNC(=NCCN(CC)C1CC1)NCCOCC.I. The van der Waals surface area contributed by atoms with Crippen LogP contribution in [0.15, 0.2) is 4.99 Å². The third-order valence-corrected chi connectivity index (χ3v) is 3.21. The molecule has 0 aromatic carbocycles. The van der Waals surface area contributed by atoms with Gasteiger partial charge in [0.15, 0.2) is 5.96 Å². The number of hydrogen-bond donors (Lipinski definition) is 2. The van der Waals surface area contributed by atoms with Crippen LogP contribution in [0, 0.1) is 0 Å². The Hall–Kier alpha value is -0.0800. The van der Waals surface area contributed by atoms with Crippen LogP contribution in [0.4, 0.5) is 0 Å². The van der Waals surface area contributed by atoms with Crippen molar-refractivity contribution in [1.82, 2.24) is 15.5 Å². The molecule has 0 heterocycles. The van der Waals surface area contributed by atoms with Crippen molar-refractivity contribution in [2.45, 2.75) is 39.7 Å². The van der Waals surface area contributed by atoms with Crippen molar-refractivity contribution in [2.24, 2.45) is 4.99 Å². The molecule has 0 unspecified atom stereocenters. The van der Waals surface area contributed by atoms with Crippen molar-refractivity contribution in [1.29, 1.82) is 0 Å². The highest BCUT2D eigenvalue weighted by molar-refractivity contribution is 14.0. The number of nitrogens with zero attached hydrogens (tertiary/aromatic N) is 2. The van der Waals surface area contributed by atoms with Crippen molar-refractivity contribution in [3.8, 4) is 0 Å². The number of hydrogen-bond acceptors (Lipinski definition) is 3. The van der Waals surface area contributed by atoms with Gasteiger partial charge in [-0.25, -0.2) is 0 Å². The van der Waals surface area contributed by atoms with E-state index < -0.39 is 0 Å². The summed E-state index contributed by atoms with van der Waals surface area (Å²) in [6, 6.07) is 0.827. The average molecular weight is 398 g/mol. The zero-order valence-corrected chi connectivity index (χ0v) is 15.5. The van der Waals surface area contributed by atoms with Gasteiger partial charge in [0.05, 0.1) is 13.2 Å². The Morgan fingerprint density at radius 3 is 2.55 bits per heavy atom.